The molecular formula is C27H33NO3. The van der Waals surface area contributed by atoms with E-state index in [2.05, 4.69) is 59.5 Å². The number of likely N-dealkylation sites (tertiary alicyclic amines) is 1. The van der Waals surface area contributed by atoms with Gasteiger partial charge in [-0.1, -0.05) is 55.0 Å². The second-order valence-electron chi connectivity index (χ2n) is 8.78. The average Bonchev–Trinajstić information content (AvgIpc) is 2.82. The number of nitrogens with zero attached hydrogens (tertiary/aromatic N) is 1. The largest absolute Gasteiger partial charge is 0.497 e. The molecular weight excluding hydrogens is 386 g/mol. The fourth-order valence-corrected chi connectivity index (χ4v) is 5.72. The second-order valence-corrected chi connectivity index (χ2v) is 8.78. The fourth-order valence-electron chi connectivity index (χ4n) is 5.72. The van der Waals surface area contributed by atoms with Crippen LogP contribution in [0.25, 0.3) is 0 Å². The van der Waals surface area contributed by atoms with Gasteiger partial charge in [-0.2, -0.15) is 0 Å². The van der Waals surface area contributed by atoms with Gasteiger partial charge in [-0.25, -0.2) is 4.79 Å². The van der Waals surface area contributed by atoms with Gasteiger partial charge >= 0.3 is 5.97 Å². The number of hydrogen-bond acceptors (Lipinski definition) is 4. The Hall–Kier alpha value is -2.59. The molecule has 3 unspecified atom stereocenters. The van der Waals surface area contributed by atoms with E-state index in [1.807, 2.05) is 6.07 Å². The van der Waals surface area contributed by atoms with Gasteiger partial charge in [0.2, 0.25) is 0 Å². The Labute approximate surface area is 185 Å². The maximum atomic E-state index is 12.0. The number of carbonyl (C=O) groups is 1. The topological polar surface area (TPSA) is 38.8 Å². The van der Waals surface area contributed by atoms with Gasteiger partial charge in [-0.05, 0) is 55.5 Å². The molecule has 0 spiro atoms. The summed E-state index contributed by atoms with van der Waals surface area (Å²) in [4.78, 5) is 14.6. The Morgan fingerprint density at radius 2 is 1.97 bits per heavy atom. The molecule has 2 aromatic rings. The molecule has 1 aliphatic carbocycles. The number of carbonyl (C=O) groups excluding carboxylic acids is 1. The predicted octanol–water partition coefficient (Wildman–Crippen LogP) is 4.78. The minimum absolute atomic E-state index is 0.0330. The normalized spacial score (nSPS) is 26.0. The lowest BCUT2D eigenvalue weighted by Gasteiger charge is -2.56. The Kier molecular flexibility index (Phi) is 6.77. The number of benzene rings is 2. The van der Waals surface area contributed by atoms with Crippen LogP contribution in [0.2, 0.25) is 0 Å². The maximum Gasteiger partial charge on any atom is 0.330 e. The zero-order valence-corrected chi connectivity index (χ0v) is 18.6. The number of rotatable bonds is 7. The Balaban J connectivity index is 1.64. The zero-order valence-electron chi connectivity index (χ0n) is 18.6. The van der Waals surface area contributed by atoms with E-state index < -0.39 is 0 Å². The fraction of sp³-hybridized carbons (Fsp3) is 0.444. The third-order valence-corrected chi connectivity index (χ3v) is 7.31. The zero-order chi connectivity index (χ0) is 21.7. The SMILES string of the molecule is COC(=O)/C=C/C1C2CCCC1(c1cccc(OC)c1)CCN2CCc1ccccc1. The van der Waals surface area contributed by atoms with E-state index in [9.17, 15) is 4.79 Å². The Morgan fingerprint density at radius 3 is 2.74 bits per heavy atom. The molecule has 1 heterocycles. The highest BCUT2D eigenvalue weighted by molar-refractivity contribution is 5.81. The van der Waals surface area contributed by atoms with Gasteiger partial charge in [0.05, 0.1) is 14.2 Å². The first-order valence-electron chi connectivity index (χ1n) is 11.3. The summed E-state index contributed by atoms with van der Waals surface area (Å²) in [7, 11) is 3.17. The van der Waals surface area contributed by atoms with Crippen LogP contribution in [0.1, 0.15) is 36.8 Å². The molecule has 2 aromatic carbocycles. The molecule has 1 aliphatic heterocycles. The average molecular weight is 420 g/mol. The number of ether oxygens (including phenoxy) is 2. The van der Waals surface area contributed by atoms with Crippen molar-refractivity contribution in [1.82, 2.24) is 4.90 Å². The molecule has 4 rings (SSSR count). The Bertz CT molecular complexity index is 910. The summed E-state index contributed by atoms with van der Waals surface area (Å²) in [6.45, 7) is 2.13. The number of hydrogen-bond donors (Lipinski definition) is 0. The highest BCUT2D eigenvalue weighted by Gasteiger charge is 2.50. The molecule has 2 aliphatic rings. The van der Waals surface area contributed by atoms with Gasteiger partial charge in [0.15, 0.2) is 0 Å². The molecule has 1 saturated heterocycles. The van der Waals surface area contributed by atoms with Crippen molar-refractivity contribution in [3.05, 3.63) is 77.9 Å². The summed E-state index contributed by atoms with van der Waals surface area (Å²) in [6.07, 6.45) is 9.41. The minimum Gasteiger partial charge on any atom is -0.497 e. The first-order chi connectivity index (χ1) is 15.2. The molecule has 1 saturated carbocycles. The van der Waals surface area contributed by atoms with E-state index in [4.69, 9.17) is 9.47 Å². The van der Waals surface area contributed by atoms with Crippen LogP contribution in [-0.4, -0.2) is 44.2 Å². The summed E-state index contributed by atoms with van der Waals surface area (Å²) in [5.41, 5.74) is 2.74. The highest BCUT2D eigenvalue weighted by atomic mass is 16.5. The summed E-state index contributed by atoms with van der Waals surface area (Å²) < 4.78 is 10.4. The van der Waals surface area contributed by atoms with E-state index in [-0.39, 0.29) is 17.3 Å². The van der Waals surface area contributed by atoms with Gasteiger partial charge in [-0.3, -0.25) is 4.90 Å². The molecule has 0 radical (unpaired) electrons. The van der Waals surface area contributed by atoms with Crippen LogP contribution < -0.4 is 4.74 Å². The summed E-state index contributed by atoms with van der Waals surface area (Å²) >= 11 is 0. The molecule has 2 bridgehead atoms. The van der Waals surface area contributed by atoms with Crippen LogP contribution >= 0.6 is 0 Å². The molecule has 164 valence electrons. The minimum atomic E-state index is -0.278. The van der Waals surface area contributed by atoms with Gasteiger partial charge in [0.25, 0.3) is 0 Å². The summed E-state index contributed by atoms with van der Waals surface area (Å²) in [5, 5.41) is 0. The highest BCUT2D eigenvalue weighted by Crippen LogP contribution is 2.52. The number of fused-ring (bicyclic) bond motifs is 2. The molecule has 2 fully saturated rings. The van der Waals surface area contributed by atoms with Crippen molar-refractivity contribution >= 4 is 5.97 Å². The van der Waals surface area contributed by atoms with E-state index in [1.165, 1.54) is 24.7 Å². The van der Waals surface area contributed by atoms with Crippen molar-refractivity contribution in [1.29, 1.82) is 0 Å². The van der Waals surface area contributed by atoms with Gasteiger partial charge in [-0.15, -0.1) is 0 Å². The predicted molar refractivity (Wildman–Crippen MR) is 123 cm³/mol. The molecule has 3 atom stereocenters. The second kappa shape index (κ2) is 9.69. The molecule has 0 aromatic heterocycles. The van der Waals surface area contributed by atoms with Crippen molar-refractivity contribution in [3.8, 4) is 5.75 Å². The van der Waals surface area contributed by atoms with Crippen molar-refractivity contribution in [3.63, 3.8) is 0 Å². The van der Waals surface area contributed by atoms with Gasteiger partial charge in [0.1, 0.15) is 5.75 Å². The van der Waals surface area contributed by atoms with Gasteiger partial charge in [0, 0.05) is 30.0 Å². The van der Waals surface area contributed by atoms with Crippen LogP contribution in [0.4, 0.5) is 0 Å². The van der Waals surface area contributed by atoms with Crippen molar-refractivity contribution in [2.24, 2.45) is 5.92 Å². The number of esters is 1. The van der Waals surface area contributed by atoms with Gasteiger partial charge < -0.3 is 9.47 Å². The first kappa shape index (κ1) is 21.6. The van der Waals surface area contributed by atoms with Crippen molar-refractivity contribution in [2.45, 2.75) is 43.6 Å². The number of piperidine rings is 1. The molecule has 4 heteroatoms. The van der Waals surface area contributed by atoms with E-state index in [0.717, 1.165) is 44.5 Å². The molecule has 0 amide bonds. The monoisotopic (exact) mass is 419 g/mol. The smallest absolute Gasteiger partial charge is 0.330 e. The van der Waals surface area contributed by atoms with Crippen LogP contribution in [0.3, 0.4) is 0 Å². The summed E-state index contributed by atoms with van der Waals surface area (Å²) in [5.74, 6) is 0.897. The van der Waals surface area contributed by atoms with Crippen LogP contribution in [0, 0.1) is 5.92 Å². The lowest BCUT2D eigenvalue weighted by Crippen LogP contribution is -2.58. The van der Waals surface area contributed by atoms with Crippen LogP contribution in [-0.2, 0) is 21.4 Å². The molecule has 4 nitrogen and oxygen atoms in total. The molecule has 0 N–H and O–H groups in total. The third-order valence-electron chi connectivity index (χ3n) is 7.31. The van der Waals surface area contributed by atoms with Crippen LogP contribution in [0.5, 0.6) is 5.75 Å². The Morgan fingerprint density at radius 1 is 1.13 bits per heavy atom. The third kappa shape index (κ3) is 4.54. The summed E-state index contributed by atoms with van der Waals surface area (Å²) in [6, 6.07) is 19.7. The quantitative estimate of drug-likeness (QED) is 0.478. The molecule has 31 heavy (non-hydrogen) atoms. The standard InChI is InChI=1S/C27H33NO3/c1-30-23-11-6-10-22(20-23)27-16-7-12-25(24(27)13-14-26(29)31-2)28(19-17-27)18-15-21-8-4-3-5-9-21/h3-6,8-11,13-14,20,24-25H,7,12,15-19H2,1-2H3/b14-13+. The van der Waals surface area contributed by atoms with E-state index >= 15 is 0 Å². The number of methoxy groups -OCH3 is 2. The maximum absolute atomic E-state index is 12.0. The van der Waals surface area contributed by atoms with E-state index in [1.54, 1.807) is 13.2 Å². The van der Waals surface area contributed by atoms with Crippen molar-refractivity contribution < 1.29 is 14.3 Å². The van der Waals surface area contributed by atoms with E-state index in [0.29, 0.717) is 6.04 Å². The van der Waals surface area contributed by atoms with Crippen molar-refractivity contribution in [2.75, 3.05) is 27.3 Å². The lowest BCUT2D eigenvalue weighted by atomic mass is 9.56. The van der Waals surface area contributed by atoms with Crippen LogP contribution in [0.15, 0.2) is 66.7 Å². The first-order valence-corrected chi connectivity index (χ1v) is 11.3. The lowest BCUT2D eigenvalue weighted by molar-refractivity contribution is -0.134.